The van der Waals surface area contributed by atoms with E-state index in [4.69, 9.17) is 5.73 Å². The zero-order valence-corrected chi connectivity index (χ0v) is 25.5. The minimum absolute atomic E-state index is 0.0480. The molecular weight excluding hydrogens is 610 g/mol. The van der Waals surface area contributed by atoms with E-state index >= 15 is 0 Å². The summed E-state index contributed by atoms with van der Waals surface area (Å²) in [7, 11) is 0. The molecule has 1 fully saturated rings. The summed E-state index contributed by atoms with van der Waals surface area (Å²) >= 11 is 0. The third-order valence-electron chi connectivity index (χ3n) is 7.87. The van der Waals surface area contributed by atoms with Gasteiger partial charge >= 0.3 is 5.97 Å². The first-order chi connectivity index (χ1) is 22.5. The molecule has 0 bridgehead atoms. The molecule has 1 aliphatic heterocycles. The van der Waals surface area contributed by atoms with Crippen molar-refractivity contribution in [2.24, 2.45) is 5.73 Å². The average molecular weight is 650 g/mol. The summed E-state index contributed by atoms with van der Waals surface area (Å²) in [5.74, 6) is -3.98. The number of aliphatic carboxylic acids is 1. The van der Waals surface area contributed by atoms with Crippen LogP contribution in [0, 0.1) is 0 Å². The molecule has 0 saturated carbocycles. The number of aliphatic hydroxyl groups excluding tert-OH is 1. The number of carbonyl (C=O) groups is 5. The number of nitrogens with zero attached hydrogens (tertiary/aromatic N) is 2. The first kappa shape index (κ1) is 34.6. The smallest absolute Gasteiger partial charge is 0.326 e. The van der Waals surface area contributed by atoms with Crippen LogP contribution in [0.15, 0.2) is 67.1 Å². The molecule has 1 aliphatic rings. The second-order valence-corrected chi connectivity index (χ2v) is 11.3. The predicted octanol–water partition coefficient (Wildman–Crippen LogP) is -1.01. The number of imidazole rings is 1. The van der Waals surface area contributed by atoms with E-state index in [0.717, 1.165) is 0 Å². The van der Waals surface area contributed by atoms with E-state index in [1.54, 1.807) is 42.5 Å². The predicted molar refractivity (Wildman–Crippen MR) is 167 cm³/mol. The summed E-state index contributed by atoms with van der Waals surface area (Å²) in [6.07, 6.45) is 3.72. The van der Waals surface area contributed by atoms with Crippen molar-refractivity contribution in [1.29, 1.82) is 0 Å². The number of aromatic nitrogens is 2. The molecule has 15 nitrogen and oxygen atoms in total. The lowest BCUT2D eigenvalue weighted by Crippen LogP contribution is -2.59. The molecule has 2 heterocycles. The van der Waals surface area contributed by atoms with Crippen molar-refractivity contribution in [3.05, 3.63) is 83.9 Å². The molecule has 47 heavy (non-hydrogen) atoms. The number of nitrogens with two attached hydrogens (primary N) is 1. The van der Waals surface area contributed by atoms with Crippen molar-refractivity contribution in [2.45, 2.75) is 62.3 Å². The van der Waals surface area contributed by atoms with Gasteiger partial charge in [0.25, 0.3) is 0 Å². The summed E-state index contributed by atoms with van der Waals surface area (Å²) in [4.78, 5) is 73.4. The molecule has 4 rings (SSSR count). The number of benzene rings is 2. The number of aromatic hydroxyl groups is 1. The van der Waals surface area contributed by atoms with E-state index in [1.807, 2.05) is 0 Å². The number of likely N-dealkylation sites (tertiary alicyclic amines) is 1. The number of carbonyl (C=O) groups excluding carboxylic acids is 4. The zero-order valence-electron chi connectivity index (χ0n) is 25.5. The highest BCUT2D eigenvalue weighted by Crippen LogP contribution is 2.20. The lowest BCUT2D eigenvalue weighted by atomic mass is 10.0. The minimum Gasteiger partial charge on any atom is -0.508 e. The van der Waals surface area contributed by atoms with Crippen molar-refractivity contribution in [1.82, 2.24) is 30.8 Å². The lowest BCUT2D eigenvalue weighted by molar-refractivity contribution is -0.145. The topological polar surface area (TPSA) is 240 Å². The first-order valence-corrected chi connectivity index (χ1v) is 15.2. The molecular formula is C32H39N7O8. The van der Waals surface area contributed by atoms with Gasteiger partial charge in [0.05, 0.1) is 19.0 Å². The monoisotopic (exact) mass is 649 g/mol. The van der Waals surface area contributed by atoms with Gasteiger partial charge in [-0.2, -0.15) is 0 Å². The van der Waals surface area contributed by atoms with Crippen LogP contribution in [-0.2, 0) is 43.2 Å². The Labute approximate surface area is 270 Å². The third-order valence-corrected chi connectivity index (χ3v) is 7.87. The van der Waals surface area contributed by atoms with Crippen LogP contribution >= 0.6 is 0 Å². The number of rotatable bonds is 15. The number of carboxylic acid groups (broad SMARTS) is 1. The highest BCUT2D eigenvalue weighted by Gasteiger charge is 2.39. The zero-order chi connectivity index (χ0) is 33.9. The molecule has 9 N–H and O–H groups in total. The summed E-state index contributed by atoms with van der Waals surface area (Å²) in [6, 6.07) is 8.96. The molecule has 1 aromatic heterocycles. The Morgan fingerprint density at radius 3 is 2.21 bits per heavy atom. The fourth-order valence-corrected chi connectivity index (χ4v) is 5.36. The van der Waals surface area contributed by atoms with Crippen LogP contribution in [0.25, 0.3) is 0 Å². The van der Waals surface area contributed by atoms with Gasteiger partial charge in [-0.3, -0.25) is 19.2 Å². The van der Waals surface area contributed by atoms with Gasteiger partial charge in [0.15, 0.2) is 0 Å². The van der Waals surface area contributed by atoms with Gasteiger partial charge in [0.2, 0.25) is 23.6 Å². The fraction of sp³-hybridized carbons (Fsp3) is 0.375. The van der Waals surface area contributed by atoms with E-state index in [2.05, 4.69) is 25.9 Å². The molecule has 1 saturated heterocycles. The molecule has 0 radical (unpaired) electrons. The molecule has 250 valence electrons. The molecule has 0 unspecified atom stereocenters. The Morgan fingerprint density at radius 1 is 0.894 bits per heavy atom. The van der Waals surface area contributed by atoms with Crippen molar-refractivity contribution < 1.29 is 39.3 Å². The number of nitrogens with one attached hydrogen (secondary N) is 4. The Bertz CT molecular complexity index is 1520. The highest BCUT2D eigenvalue weighted by molar-refractivity contribution is 5.96. The van der Waals surface area contributed by atoms with Crippen LogP contribution in [-0.4, -0.2) is 103 Å². The standard InChI is InChI=1S/C32H39N7O8/c33-23(13-20-8-10-22(41)11-9-20)28(42)38-26(17-40)29(43)36-24(15-21-16-34-18-35-21)31(45)39-12-4-7-27(39)30(44)37-25(32(46)47)14-19-5-2-1-3-6-19/h1-3,5-6,8-11,16,18,23-27,40-41H,4,7,12-15,17,33H2,(H,34,35)(H,36,43)(H,37,44)(H,38,42)(H,46,47)/t23-,24-,25-,26-,27-/m0/s1. The number of H-pyrrole nitrogens is 1. The van der Waals surface area contributed by atoms with Crippen LogP contribution < -0.4 is 21.7 Å². The number of phenols is 1. The molecule has 0 aliphatic carbocycles. The molecule has 4 amide bonds. The van der Waals surface area contributed by atoms with E-state index in [-0.39, 0.29) is 38.0 Å². The molecule has 3 aromatic rings. The van der Waals surface area contributed by atoms with Gasteiger partial charge in [-0.1, -0.05) is 42.5 Å². The van der Waals surface area contributed by atoms with Crippen LogP contribution in [0.4, 0.5) is 0 Å². The van der Waals surface area contributed by atoms with E-state index in [1.165, 1.54) is 29.6 Å². The van der Waals surface area contributed by atoms with E-state index in [9.17, 15) is 39.3 Å². The van der Waals surface area contributed by atoms with E-state index in [0.29, 0.717) is 23.2 Å². The number of carboxylic acids is 1. The number of phenolic OH excluding ortho intramolecular Hbond substituents is 1. The van der Waals surface area contributed by atoms with Gasteiger partial charge in [0, 0.05) is 31.3 Å². The normalized spacial score (nSPS) is 16.8. The van der Waals surface area contributed by atoms with Gasteiger partial charge in [-0.25, -0.2) is 9.78 Å². The first-order valence-electron chi connectivity index (χ1n) is 15.2. The third kappa shape index (κ3) is 9.61. The van der Waals surface area contributed by atoms with Crippen molar-refractivity contribution in [2.75, 3.05) is 13.2 Å². The molecule has 0 spiro atoms. The van der Waals surface area contributed by atoms with E-state index < -0.39 is 66.4 Å². The molecule has 5 atom stereocenters. The van der Waals surface area contributed by atoms with Crippen LogP contribution in [0.5, 0.6) is 5.75 Å². The maximum absolute atomic E-state index is 13.9. The maximum atomic E-state index is 13.9. The van der Waals surface area contributed by atoms with Crippen molar-refractivity contribution in [3.63, 3.8) is 0 Å². The fourth-order valence-electron chi connectivity index (χ4n) is 5.36. The van der Waals surface area contributed by atoms with Crippen molar-refractivity contribution >= 4 is 29.6 Å². The Balaban J connectivity index is 1.43. The number of aliphatic hydroxyl groups is 1. The number of hydrogen-bond donors (Lipinski definition) is 8. The van der Waals surface area contributed by atoms with Gasteiger partial charge in [0.1, 0.15) is 29.9 Å². The number of amides is 4. The Morgan fingerprint density at radius 2 is 1.57 bits per heavy atom. The molecule has 15 heteroatoms. The minimum atomic E-state index is -1.45. The highest BCUT2D eigenvalue weighted by atomic mass is 16.4. The Hall–Kier alpha value is -5.28. The summed E-state index contributed by atoms with van der Waals surface area (Å²) in [6.45, 7) is -0.601. The van der Waals surface area contributed by atoms with Gasteiger partial charge in [-0.05, 0) is 42.5 Å². The quantitative estimate of drug-likeness (QED) is 0.0998. The van der Waals surface area contributed by atoms with Crippen molar-refractivity contribution in [3.8, 4) is 5.75 Å². The van der Waals surface area contributed by atoms with Gasteiger partial charge < -0.3 is 46.9 Å². The summed E-state index contributed by atoms with van der Waals surface area (Å²) in [5, 5.41) is 36.7. The Kier molecular flexibility index (Phi) is 12.0. The summed E-state index contributed by atoms with van der Waals surface area (Å²) < 4.78 is 0. The molecule has 2 aromatic carbocycles. The SMILES string of the molecule is N[C@@H](Cc1ccc(O)cc1)C(=O)N[C@@H](CO)C(=O)N[C@@H](Cc1cnc[nH]1)C(=O)N1CCC[C@H]1C(=O)N[C@@H](Cc1ccccc1)C(=O)O. The largest absolute Gasteiger partial charge is 0.508 e. The van der Waals surface area contributed by atoms with Crippen LogP contribution in [0.1, 0.15) is 29.7 Å². The second kappa shape index (κ2) is 16.3. The summed E-state index contributed by atoms with van der Waals surface area (Å²) in [5.41, 5.74) is 7.90. The average Bonchev–Trinajstić information content (AvgIpc) is 3.77. The second-order valence-electron chi connectivity index (χ2n) is 11.3. The van der Waals surface area contributed by atoms with Crippen LogP contribution in [0.2, 0.25) is 0 Å². The number of aromatic amines is 1. The van der Waals surface area contributed by atoms with Gasteiger partial charge in [-0.15, -0.1) is 0 Å². The maximum Gasteiger partial charge on any atom is 0.326 e. The lowest BCUT2D eigenvalue weighted by Gasteiger charge is -2.30. The van der Waals surface area contributed by atoms with Crippen LogP contribution in [0.3, 0.4) is 0 Å². The number of hydrogen-bond acceptors (Lipinski definition) is 9.